The predicted octanol–water partition coefficient (Wildman–Crippen LogP) is 0.224. The average Bonchev–Trinajstić information content (AvgIpc) is 2.34. The molecule has 0 aromatic heterocycles. The lowest BCUT2D eigenvalue weighted by Gasteiger charge is -2.15. The van der Waals surface area contributed by atoms with E-state index in [1.807, 2.05) is 13.8 Å². The molecule has 0 spiro atoms. The van der Waals surface area contributed by atoms with E-state index in [0.717, 1.165) is 12.8 Å². The van der Waals surface area contributed by atoms with Crippen molar-refractivity contribution in [3.05, 3.63) is 0 Å². The summed E-state index contributed by atoms with van der Waals surface area (Å²) in [4.78, 5) is 32.4. The number of carbonyl (C=O) groups excluding carboxylic acids is 2. The number of carboxylic acid groups (broad SMARTS) is 1. The smallest absolute Gasteiger partial charge is 0.327 e. The summed E-state index contributed by atoms with van der Waals surface area (Å²) < 4.78 is 0. The molecule has 0 rings (SSSR count). The lowest BCUT2D eigenvalue weighted by molar-refractivity contribution is -0.139. The Morgan fingerprint density at radius 1 is 1.33 bits per heavy atom. The van der Waals surface area contributed by atoms with E-state index in [9.17, 15) is 14.4 Å². The van der Waals surface area contributed by atoms with E-state index in [1.54, 1.807) is 0 Å². The third-order valence-corrected chi connectivity index (χ3v) is 3.47. The van der Waals surface area contributed by atoms with Crippen LogP contribution in [-0.4, -0.2) is 47.0 Å². The fourth-order valence-corrected chi connectivity index (χ4v) is 2.17. The summed E-state index contributed by atoms with van der Waals surface area (Å²) in [7, 11) is 0. The monoisotopic (exact) mass is 276 g/mol. The summed E-state index contributed by atoms with van der Waals surface area (Å²) in [6, 6.07) is -0.782. The van der Waals surface area contributed by atoms with Crippen molar-refractivity contribution in [1.29, 1.82) is 0 Å². The van der Waals surface area contributed by atoms with E-state index in [-0.39, 0.29) is 23.5 Å². The van der Waals surface area contributed by atoms with Crippen LogP contribution in [0.2, 0.25) is 0 Å². The number of rotatable bonds is 10. The van der Waals surface area contributed by atoms with Gasteiger partial charge in [-0.1, -0.05) is 13.8 Å². The summed E-state index contributed by atoms with van der Waals surface area (Å²) in [5, 5.41) is 13.8. The number of carbonyl (C=O) groups is 3. The molecule has 0 aliphatic rings. The Kier molecular flexibility index (Phi) is 9.08. The molecule has 0 heterocycles. The largest absolute Gasteiger partial charge is 0.480 e. The van der Waals surface area contributed by atoms with Crippen LogP contribution in [0.4, 0.5) is 0 Å². The molecule has 0 aromatic carbocycles. The first-order chi connectivity index (χ1) is 8.54. The summed E-state index contributed by atoms with van der Waals surface area (Å²) in [6.07, 6.45) is 2.10. The topological polar surface area (TPSA) is 95.5 Å². The van der Waals surface area contributed by atoms with Crippen LogP contribution in [0.1, 0.15) is 26.7 Å². The van der Waals surface area contributed by atoms with Gasteiger partial charge < -0.3 is 15.7 Å². The molecule has 2 amide bonds. The van der Waals surface area contributed by atoms with Gasteiger partial charge in [0.25, 0.3) is 0 Å². The zero-order chi connectivity index (χ0) is 14.0. The first-order valence-corrected chi connectivity index (χ1v) is 7.00. The number of hydrogen-bond acceptors (Lipinski definition) is 4. The summed E-state index contributed by atoms with van der Waals surface area (Å²) in [5.41, 5.74) is 0. The number of amides is 2. The van der Waals surface area contributed by atoms with Gasteiger partial charge in [0.15, 0.2) is 0 Å². The molecule has 1 atom stereocenters. The molecule has 0 saturated carbocycles. The van der Waals surface area contributed by atoms with Crippen molar-refractivity contribution in [2.75, 3.05) is 11.5 Å². The van der Waals surface area contributed by atoms with Crippen LogP contribution in [0.15, 0.2) is 0 Å². The highest BCUT2D eigenvalue weighted by molar-refractivity contribution is 8.00. The van der Waals surface area contributed by atoms with Gasteiger partial charge in [0.2, 0.25) is 12.3 Å². The Labute approximate surface area is 111 Å². The van der Waals surface area contributed by atoms with Crippen LogP contribution in [0.5, 0.6) is 0 Å². The molecule has 0 aromatic rings. The summed E-state index contributed by atoms with van der Waals surface area (Å²) in [5.74, 6) is -0.843. The van der Waals surface area contributed by atoms with Crippen molar-refractivity contribution >= 4 is 30.0 Å². The number of nitrogens with one attached hydrogen (secondary N) is 2. The number of carboxylic acids is 1. The van der Waals surface area contributed by atoms with Gasteiger partial charge in [-0.3, -0.25) is 9.59 Å². The minimum atomic E-state index is -1.10. The molecule has 0 aliphatic carbocycles. The molecule has 6 nitrogen and oxygen atoms in total. The Hall–Kier alpha value is -1.24. The van der Waals surface area contributed by atoms with E-state index in [2.05, 4.69) is 10.6 Å². The van der Waals surface area contributed by atoms with Crippen molar-refractivity contribution < 1.29 is 19.5 Å². The van der Waals surface area contributed by atoms with Crippen LogP contribution in [-0.2, 0) is 14.4 Å². The third kappa shape index (κ3) is 7.16. The maximum Gasteiger partial charge on any atom is 0.327 e. The molecule has 7 heteroatoms. The molecule has 18 heavy (non-hydrogen) atoms. The first-order valence-electron chi connectivity index (χ1n) is 5.84. The fourth-order valence-electron chi connectivity index (χ4n) is 1.30. The number of thioether (sulfide) groups is 1. The van der Waals surface area contributed by atoms with Crippen molar-refractivity contribution in [1.82, 2.24) is 10.6 Å². The highest BCUT2D eigenvalue weighted by atomic mass is 32.2. The van der Waals surface area contributed by atoms with Gasteiger partial charge >= 0.3 is 5.97 Å². The summed E-state index contributed by atoms with van der Waals surface area (Å²) >= 11 is 1.19. The Balaban J connectivity index is 3.91. The lowest BCUT2D eigenvalue weighted by atomic mass is 10.2. The second-order valence-electron chi connectivity index (χ2n) is 3.77. The van der Waals surface area contributed by atoms with E-state index < -0.39 is 12.0 Å². The minimum Gasteiger partial charge on any atom is -0.480 e. The van der Waals surface area contributed by atoms with Crippen molar-refractivity contribution in [2.45, 2.75) is 38.8 Å². The van der Waals surface area contributed by atoms with Crippen LogP contribution in [0.3, 0.4) is 0 Å². The highest BCUT2D eigenvalue weighted by Gasteiger charge is 2.17. The minimum absolute atomic E-state index is 0.107. The van der Waals surface area contributed by atoms with Crippen LogP contribution in [0, 0.1) is 0 Å². The lowest BCUT2D eigenvalue weighted by Crippen LogP contribution is -2.39. The van der Waals surface area contributed by atoms with E-state index >= 15 is 0 Å². The molecule has 0 fully saturated rings. The third-order valence-electron chi connectivity index (χ3n) is 2.44. The van der Waals surface area contributed by atoms with Gasteiger partial charge in [0.05, 0.1) is 5.75 Å². The van der Waals surface area contributed by atoms with Crippen LogP contribution >= 0.6 is 11.8 Å². The Morgan fingerprint density at radius 3 is 2.39 bits per heavy atom. The molecular weight excluding hydrogens is 256 g/mol. The maximum atomic E-state index is 11.5. The second-order valence-corrected chi connectivity index (χ2v) is 4.80. The van der Waals surface area contributed by atoms with E-state index in [0.29, 0.717) is 6.41 Å². The SMILES string of the molecule is CCC(CC)NC(=O)CSCC(NC=O)C(=O)O. The predicted molar refractivity (Wildman–Crippen MR) is 70.5 cm³/mol. The van der Waals surface area contributed by atoms with Crippen LogP contribution < -0.4 is 10.6 Å². The Morgan fingerprint density at radius 2 is 1.94 bits per heavy atom. The van der Waals surface area contributed by atoms with Gasteiger partial charge in [-0.25, -0.2) is 4.79 Å². The molecule has 0 radical (unpaired) electrons. The zero-order valence-corrected chi connectivity index (χ0v) is 11.5. The van der Waals surface area contributed by atoms with Crippen molar-refractivity contribution in [2.24, 2.45) is 0 Å². The molecular formula is C11H20N2O4S. The fraction of sp³-hybridized carbons (Fsp3) is 0.727. The first kappa shape index (κ1) is 16.8. The molecule has 1 unspecified atom stereocenters. The van der Waals surface area contributed by atoms with E-state index in [4.69, 9.17) is 5.11 Å². The standard InChI is InChI=1S/C11H20N2O4S/c1-3-8(4-2)13-10(15)6-18-5-9(11(16)17)12-7-14/h7-9H,3-6H2,1-2H3,(H,12,14)(H,13,15)(H,16,17). The molecule has 3 N–H and O–H groups in total. The zero-order valence-electron chi connectivity index (χ0n) is 10.6. The quantitative estimate of drug-likeness (QED) is 0.496. The molecule has 0 saturated heterocycles. The van der Waals surface area contributed by atoms with Crippen molar-refractivity contribution in [3.8, 4) is 0 Å². The van der Waals surface area contributed by atoms with Gasteiger partial charge in [0.1, 0.15) is 6.04 Å². The average molecular weight is 276 g/mol. The Bertz CT molecular complexity index is 282. The van der Waals surface area contributed by atoms with Gasteiger partial charge in [-0.15, -0.1) is 11.8 Å². The highest BCUT2D eigenvalue weighted by Crippen LogP contribution is 2.04. The molecule has 0 aliphatic heterocycles. The molecule has 0 bridgehead atoms. The number of hydrogen-bond donors (Lipinski definition) is 3. The second kappa shape index (κ2) is 9.76. The van der Waals surface area contributed by atoms with Gasteiger partial charge in [-0.2, -0.15) is 0 Å². The van der Waals surface area contributed by atoms with Gasteiger partial charge in [-0.05, 0) is 12.8 Å². The van der Waals surface area contributed by atoms with E-state index in [1.165, 1.54) is 11.8 Å². The van der Waals surface area contributed by atoms with Gasteiger partial charge in [0, 0.05) is 11.8 Å². The maximum absolute atomic E-state index is 11.5. The summed E-state index contributed by atoms with van der Waals surface area (Å²) in [6.45, 7) is 3.99. The number of aliphatic carboxylic acids is 1. The normalized spacial score (nSPS) is 11.9. The van der Waals surface area contributed by atoms with Crippen LogP contribution in [0.25, 0.3) is 0 Å². The molecule has 104 valence electrons. The van der Waals surface area contributed by atoms with Crippen molar-refractivity contribution in [3.63, 3.8) is 0 Å².